The van der Waals surface area contributed by atoms with Crippen molar-refractivity contribution in [3.63, 3.8) is 0 Å². The summed E-state index contributed by atoms with van der Waals surface area (Å²) in [7, 11) is 0. The highest BCUT2D eigenvalue weighted by Crippen LogP contribution is 2.22. The van der Waals surface area contributed by atoms with Gasteiger partial charge >= 0.3 is 0 Å². The zero-order valence-corrected chi connectivity index (χ0v) is 17.8. The Hall–Kier alpha value is -3.34. The van der Waals surface area contributed by atoms with E-state index in [1.807, 2.05) is 42.5 Å². The van der Waals surface area contributed by atoms with Crippen molar-refractivity contribution in [2.75, 3.05) is 29.9 Å². The third-order valence-corrected chi connectivity index (χ3v) is 4.88. The van der Waals surface area contributed by atoms with E-state index in [0.29, 0.717) is 0 Å². The Labute approximate surface area is 178 Å². The second-order valence-electron chi connectivity index (χ2n) is 7.25. The Morgan fingerprint density at radius 1 is 0.933 bits per heavy atom. The molecule has 0 radical (unpaired) electrons. The summed E-state index contributed by atoms with van der Waals surface area (Å²) in [6.45, 7) is 6.67. The molecule has 0 saturated heterocycles. The fourth-order valence-corrected chi connectivity index (χ4v) is 3.45. The van der Waals surface area contributed by atoms with Gasteiger partial charge in [0.25, 0.3) is 5.91 Å². The van der Waals surface area contributed by atoms with Crippen molar-refractivity contribution in [2.24, 2.45) is 5.10 Å². The molecule has 0 unspecified atom stereocenters. The van der Waals surface area contributed by atoms with Gasteiger partial charge in [-0.05, 0) is 42.0 Å². The molecular weight excluding hydrogens is 372 g/mol. The van der Waals surface area contributed by atoms with E-state index in [2.05, 4.69) is 58.9 Å². The Kier molecular flexibility index (Phi) is 7.84. The summed E-state index contributed by atoms with van der Waals surface area (Å²) >= 11 is 0. The third kappa shape index (κ3) is 5.83. The van der Waals surface area contributed by atoms with Crippen LogP contribution in [0.25, 0.3) is 10.8 Å². The number of rotatable bonds is 10. The lowest BCUT2D eigenvalue weighted by molar-refractivity contribution is -0.119. The van der Waals surface area contributed by atoms with Gasteiger partial charge in [0, 0.05) is 29.9 Å². The predicted molar refractivity (Wildman–Crippen MR) is 127 cm³/mol. The molecule has 5 nitrogen and oxygen atoms in total. The maximum atomic E-state index is 12.1. The summed E-state index contributed by atoms with van der Waals surface area (Å²) in [4.78, 5) is 14.5. The molecule has 2 N–H and O–H groups in total. The lowest BCUT2D eigenvalue weighted by atomic mass is 10.1. The lowest BCUT2D eigenvalue weighted by Gasteiger charge is -2.23. The number of carbonyl (C=O) groups is 1. The van der Waals surface area contributed by atoms with Gasteiger partial charge in [-0.1, -0.05) is 62.4 Å². The molecule has 0 fully saturated rings. The molecule has 0 bridgehead atoms. The topological polar surface area (TPSA) is 56.7 Å². The number of nitrogens with one attached hydrogen (secondary N) is 2. The number of fused-ring (bicyclic) bond motifs is 1. The van der Waals surface area contributed by atoms with Crippen molar-refractivity contribution in [3.8, 4) is 0 Å². The average Bonchev–Trinajstić information content (AvgIpc) is 2.78. The van der Waals surface area contributed by atoms with E-state index in [4.69, 9.17) is 0 Å². The molecule has 30 heavy (non-hydrogen) atoms. The number of benzene rings is 3. The van der Waals surface area contributed by atoms with Crippen LogP contribution in [0.3, 0.4) is 0 Å². The van der Waals surface area contributed by atoms with E-state index >= 15 is 0 Å². The van der Waals surface area contributed by atoms with Crippen LogP contribution in [0, 0.1) is 0 Å². The number of nitrogens with zero attached hydrogens (tertiary/aromatic N) is 2. The Morgan fingerprint density at radius 3 is 2.37 bits per heavy atom. The van der Waals surface area contributed by atoms with Crippen LogP contribution in [-0.4, -0.2) is 31.8 Å². The normalized spacial score (nSPS) is 11.0. The Balaban J connectivity index is 1.51. The average molecular weight is 403 g/mol. The van der Waals surface area contributed by atoms with Crippen LogP contribution in [0.4, 0.5) is 11.4 Å². The van der Waals surface area contributed by atoms with Gasteiger partial charge in [0.15, 0.2) is 0 Å². The first kappa shape index (κ1) is 21.4. The van der Waals surface area contributed by atoms with Crippen LogP contribution < -0.4 is 15.6 Å². The molecule has 0 aliphatic heterocycles. The molecule has 0 heterocycles. The summed E-state index contributed by atoms with van der Waals surface area (Å²) in [5.74, 6) is -0.187. The highest BCUT2D eigenvalue weighted by atomic mass is 16.2. The highest BCUT2D eigenvalue weighted by molar-refractivity contribution is 5.95. The number of hydrazone groups is 1. The predicted octanol–water partition coefficient (Wildman–Crippen LogP) is 5.03. The standard InChI is InChI=1S/C25H30N4O/c1-3-16-29(17-4-2)22-14-12-20(13-15-22)18-27-28-25(30)19-26-24-11-7-9-21-8-5-6-10-23(21)24/h5-15,18,26H,3-4,16-17,19H2,1-2H3,(H,28,30). The molecule has 0 aliphatic rings. The minimum atomic E-state index is -0.187. The summed E-state index contributed by atoms with van der Waals surface area (Å²) in [5, 5.41) is 9.51. The highest BCUT2D eigenvalue weighted by Gasteiger charge is 2.05. The second kappa shape index (κ2) is 11.0. The van der Waals surface area contributed by atoms with Crippen molar-refractivity contribution >= 4 is 34.3 Å². The van der Waals surface area contributed by atoms with Crippen LogP contribution in [-0.2, 0) is 4.79 Å². The second-order valence-corrected chi connectivity index (χ2v) is 7.25. The van der Waals surface area contributed by atoms with E-state index in [9.17, 15) is 4.79 Å². The molecule has 0 aromatic heterocycles. The van der Waals surface area contributed by atoms with Gasteiger partial charge in [0.05, 0.1) is 12.8 Å². The van der Waals surface area contributed by atoms with E-state index in [0.717, 1.165) is 48.0 Å². The number of hydrogen-bond acceptors (Lipinski definition) is 4. The fourth-order valence-electron chi connectivity index (χ4n) is 3.45. The molecule has 3 aromatic carbocycles. The van der Waals surface area contributed by atoms with Crippen molar-refractivity contribution < 1.29 is 4.79 Å². The lowest BCUT2D eigenvalue weighted by Crippen LogP contribution is -2.26. The summed E-state index contributed by atoms with van der Waals surface area (Å²) in [6.07, 6.45) is 3.92. The molecule has 0 saturated carbocycles. The number of hydrogen-bond donors (Lipinski definition) is 2. The van der Waals surface area contributed by atoms with Crippen molar-refractivity contribution in [2.45, 2.75) is 26.7 Å². The van der Waals surface area contributed by atoms with Gasteiger partial charge in [0.1, 0.15) is 0 Å². The van der Waals surface area contributed by atoms with Crippen LogP contribution >= 0.6 is 0 Å². The third-order valence-electron chi connectivity index (χ3n) is 4.88. The van der Waals surface area contributed by atoms with Gasteiger partial charge in [-0.2, -0.15) is 5.10 Å². The van der Waals surface area contributed by atoms with Gasteiger partial charge in [-0.3, -0.25) is 4.79 Å². The van der Waals surface area contributed by atoms with Crippen LogP contribution in [0.5, 0.6) is 0 Å². The largest absolute Gasteiger partial charge is 0.376 e. The molecule has 3 rings (SSSR count). The first-order chi connectivity index (χ1) is 14.7. The smallest absolute Gasteiger partial charge is 0.259 e. The van der Waals surface area contributed by atoms with Gasteiger partial charge in [-0.25, -0.2) is 5.43 Å². The molecule has 156 valence electrons. The van der Waals surface area contributed by atoms with E-state index in [1.54, 1.807) is 6.21 Å². The molecule has 0 spiro atoms. The van der Waals surface area contributed by atoms with Gasteiger partial charge < -0.3 is 10.2 Å². The SMILES string of the molecule is CCCN(CCC)c1ccc(C=NNC(=O)CNc2cccc3ccccc23)cc1. The minimum Gasteiger partial charge on any atom is -0.376 e. The van der Waals surface area contributed by atoms with Crippen molar-refractivity contribution in [1.29, 1.82) is 0 Å². The Morgan fingerprint density at radius 2 is 1.63 bits per heavy atom. The molecule has 0 atom stereocenters. The first-order valence-corrected chi connectivity index (χ1v) is 10.6. The van der Waals surface area contributed by atoms with Crippen LogP contribution in [0.1, 0.15) is 32.3 Å². The molecular formula is C25H30N4O. The van der Waals surface area contributed by atoms with Crippen molar-refractivity contribution in [1.82, 2.24) is 5.43 Å². The quantitative estimate of drug-likeness (QED) is 0.369. The number of anilines is 2. The Bertz CT molecular complexity index is 971. The van der Waals surface area contributed by atoms with E-state index in [-0.39, 0.29) is 12.5 Å². The monoisotopic (exact) mass is 402 g/mol. The zero-order chi connectivity index (χ0) is 21.2. The number of amides is 1. The maximum absolute atomic E-state index is 12.1. The maximum Gasteiger partial charge on any atom is 0.259 e. The van der Waals surface area contributed by atoms with Crippen molar-refractivity contribution in [3.05, 3.63) is 72.3 Å². The van der Waals surface area contributed by atoms with Crippen LogP contribution in [0.2, 0.25) is 0 Å². The molecule has 0 aliphatic carbocycles. The van der Waals surface area contributed by atoms with Gasteiger partial charge in [-0.15, -0.1) is 0 Å². The summed E-state index contributed by atoms with van der Waals surface area (Å²) < 4.78 is 0. The summed E-state index contributed by atoms with van der Waals surface area (Å²) in [6, 6.07) is 22.4. The summed E-state index contributed by atoms with van der Waals surface area (Å²) in [5.41, 5.74) is 5.70. The molecule has 5 heteroatoms. The van der Waals surface area contributed by atoms with Crippen LogP contribution in [0.15, 0.2) is 71.8 Å². The fraction of sp³-hybridized carbons (Fsp3) is 0.280. The van der Waals surface area contributed by atoms with E-state index in [1.165, 1.54) is 5.69 Å². The first-order valence-electron chi connectivity index (χ1n) is 10.6. The minimum absolute atomic E-state index is 0.160. The number of carbonyl (C=O) groups excluding carboxylic acids is 1. The zero-order valence-electron chi connectivity index (χ0n) is 17.8. The van der Waals surface area contributed by atoms with E-state index < -0.39 is 0 Å². The molecule has 1 amide bonds. The molecule has 3 aromatic rings. The van der Waals surface area contributed by atoms with Gasteiger partial charge in [0.2, 0.25) is 0 Å².